The van der Waals surface area contributed by atoms with Gasteiger partial charge in [-0.25, -0.2) is 0 Å². The average molecular weight is 292 g/mol. The molecule has 0 bridgehead atoms. The topological polar surface area (TPSA) is 65.1 Å². The molecule has 0 saturated heterocycles. The molecule has 0 aliphatic carbocycles. The van der Waals surface area contributed by atoms with Crippen molar-refractivity contribution in [1.29, 1.82) is 0 Å². The number of carbonyl (C=O) groups is 1. The van der Waals surface area contributed by atoms with Crippen LogP contribution in [0.15, 0.2) is 35.4 Å². The fourth-order valence-electron chi connectivity index (χ4n) is 2.07. The second-order valence-electron chi connectivity index (χ2n) is 5.06. The fraction of sp³-hybridized carbons (Fsp3) is 0.400. The van der Waals surface area contributed by atoms with Gasteiger partial charge in [0.15, 0.2) is 0 Å². The van der Waals surface area contributed by atoms with Gasteiger partial charge in [-0.1, -0.05) is 18.2 Å². The lowest BCUT2D eigenvalue weighted by Crippen LogP contribution is -2.47. The van der Waals surface area contributed by atoms with Crippen LogP contribution in [0.5, 0.6) is 0 Å². The summed E-state index contributed by atoms with van der Waals surface area (Å²) in [6.45, 7) is 1.73. The van der Waals surface area contributed by atoms with E-state index in [2.05, 4.69) is 28.5 Å². The van der Waals surface area contributed by atoms with Crippen molar-refractivity contribution in [1.82, 2.24) is 10.3 Å². The molecule has 0 radical (unpaired) electrons. The molecule has 0 saturated carbocycles. The number of aromatic amines is 1. The van der Waals surface area contributed by atoms with Crippen molar-refractivity contribution >= 4 is 28.6 Å². The van der Waals surface area contributed by atoms with Crippen molar-refractivity contribution in [3.05, 3.63) is 30.3 Å². The van der Waals surface area contributed by atoms with Gasteiger partial charge in [-0.15, -0.1) is 11.8 Å². The second kappa shape index (κ2) is 6.33. The van der Waals surface area contributed by atoms with Crippen LogP contribution in [-0.2, 0) is 4.79 Å². The van der Waals surface area contributed by atoms with Gasteiger partial charge in [0.1, 0.15) is 5.54 Å². The predicted octanol–water partition coefficient (Wildman–Crippen LogP) is 3.10. The Kier molecular flexibility index (Phi) is 4.73. The van der Waals surface area contributed by atoms with Gasteiger partial charge >= 0.3 is 5.97 Å². The molecule has 0 aliphatic heterocycles. The maximum Gasteiger partial charge on any atom is 0.323 e. The van der Waals surface area contributed by atoms with E-state index in [-0.39, 0.29) is 0 Å². The molecule has 1 atom stereocenters. The number of aliphatic carboxylic acids is 1. The van der Waals surface area contributed by atoms with Crippen molar-refractivity contribution in [3.63, 3.8) is 0 Å². The summed E-state index contributed by atoms with van der Waals surface area (Å²) in [5.41, 5.74) is 0.307. The lowest BCUT2D eigenvalue weighted by Gasteiger charge is -2.23. The van der Waals surface area contributed by atoms with Crippen LogP contribution in [0.25, 0.3) is 10.9 Å². The molecule has 0 aliphatic rings. The first kappa shape index (κ1) is 14.9. The lowest BCUT2D eigenvalue weighted by atomic mass is 9.97. The van der Waals surface area contributed by atoms with E-state index in [0.717, 1.165) is 22.7 Å². The normalized spacial score (nSPS) is 14.3. The van der Waals surface area contributed by atoms with Gasteiger partial charge in [-0.05, 0) is 44.7 Å². The lowest BCUT2D eigenvalue weighted by molar-refractivity contribution is -0.144. The molecule has 0 spiro atoms. The number of carboxylic acid groups (broad SMARTS) is 1. The Morgan fingerprint density at radius 2 is 2.20 bits per heavy atom. The molecular weight excluding hydrogens is 272 g/mol. The molecule has 2 rings (SSSR count). The number of carboxylic acids is 1. The maximum absolute atomic E-state index is 11.2. The molecule has 0 amide bonds. The van der Waals surface area contributed by atoms with E-state index in [4.69, 9.17) is 5.11 Å². The van der Waals surface area contributed by atoms with Crippen LogP contribution < -0.4 is 5.32 Å². The average Bonchev–Trinajstić information content (AvgIpc) is 2.85. The third-order valence-electron chi connectivity index (χ3n) is 3.61. The van der Waals surface area contributed by atoms with E-state index >= 15 is 0 Å². The summed E-state index contributed by atoms with van der Waals surface area (Å²) in [5.74, 6) is 0.104. The number of para-hydroxylation sites is 1. The van der Waals surface area contributed by atoms with Gasteiger partial charge in [0, 0.05) is 10.9 Å². The minimum atomic E-state index is -0.832. The van der Waals surface area contributed by atoms with Crippen LogP contribution in [0.4, 0.5) is 0 Å². The number of H-pyrrole nitrogens is 1. The van der Waals surface area contributed by atoms with E-state index < -0.39 is 11.5 Å². The monoisotopic (exact) mass is 292 g/mol. The molecule has 0 fully saturated rings. The summed E-state index contributed by atoms with van der Waals surface area (Å²) in [6.07, 6.45) is 1.47. The molecule has 1 aromatic heterocycles. The summed E-state index contributed by atoms with van der Waals surface area (Å²) >= 11 is 1.73. The summed E-state index contributed by atoms with van der Waals surface area (Å²) in [7, 11) is 1.69. The molecule has 4 nitrogen and oxygen atoms in total. The first-order valence-electron chi connectivity index (χ1n) is 6.68. The van der Waals surface area contributed by atoms with Crippen molar-refractivity contribution in [2.45, 2.75) is 30.3 Å². The SMILES string of the molecule is CNC(C)(CCCSc1cc2ccccc2[nH]1)C(=O)O. The Hall–Kier alpha value is -1.46. The van der Waals surface area contributed by atoms with Crippen molar-refractivity contribution in [2.24, 2.45) is 0 Å². The molecule has 5 heteroatoms. The van der Waals surface area contributed by atoms with Crippen LogP contribution in [0.2, 0.25) is 0 Å². The number of benzene rings is 1. The quantitative estimate of drug-likeness (QED) is 0.542. The number of hydrogen-bond acceptors (Lipinski definition) is 3. The largest absolute Gasteiger partial charge is 0.480 e. The number of rotatable bonds is 7. The Morgan fingerprint density at radius 1 is 1.45 bits per heavy atom. The summed E-state index contributed by atoms with van der Waals surface area (Å²) < 4.78 is 0. The fourth-order valence-corrected chi connectivity index (χ4v) is 2.97. The standard InChI is InChI=1S/C15H20N2O2S/c1-15(16-2,14(18)19)8-5-9-20-13-10-11-6-3-4-7-12(11)17-13/h3-4,6-7,10,16-17H,5,8-9H2,1-2H3,(H,18,19). The van der Waals surface area contributed by atoms with E-state index in [1.165, 1.54) is 5.39 Å². The van der Waals surface area contributed by atoms with Gasteiger partial charge in [-0.2, -0.15) is 0 Å². The zero-order valence-corrected chi connectivity index (χ0v) is 12.6. The van der Waals surface area contributed by atoms with Crippen LogP contribution in [-0.4, -0.2) is 34.4 Å². The minimum Gasteiger partial charge on any atom is -0.480 e. The highest BCUT2D eigenvalue weighted by atomic mass is 32.2. The van der Waals surface area contributed by atoms with E-state index in [1.54, 1.807) is 25.7 Å². The molecule has 2 aromatic rings. The number of aromatic nitrogens is 1. The smallest absolute Gasteiger partial charge is 0.323 e. The molecule has 20 heavy (non-hydrogen) atoms. The Bertz CT molecular complexity index is 563. The molecule has 108 valence electrons. The Labute approximate surface area is 123 Å². The number of likely N-dealkylation sites (N-methyl/N-ethyl adjacent to an activating group) is 1. The van der Waals surface area contributed by atoms with E-state index in [1.807, 2.05) is 12.1 Å². The zero-order chi connectivity index (χ0) is 14.6. The highest BCUT2D eigenvalue weighted by Gasteiger charge is 2.30. The van der Waals surface area contributed by atoms with E-state index in [9.17, 15) is 4.79 Å². The summed E-state index contributed by atoms with van der Waals surface area (Å²) in [5, 5.41) is 14.4. The number of hydrogen-bond donors (Lipinski definition) is 3. The third-order valence-corrected chi connectivity index (χ3v) is 4.63. The number of fused-ring (bicyclic) bond motifs is 1. The highest BCUT2D eigenvalue weighted by molar-refractivity contribution is 7.99. The second-order valence-corrected chi connectivity index (χ2v) is 6.20. The van der Waals surface area contributed by atoms with Crippen LogP contribution >= 0.6 is 11.8 Å². The molecule has 3 N–H and O–H groups in total. The Balaban J connectivity index is 1.85. The van der Waals surface area contributed by atoms with E-state index in [0.29, 0.717) is 6.42 Å². The third kappa shape index (κ3) is 3.35. The zero-order valence-electron chi connectivity index (χ0n) is 11.8. The van der Waals surface area contributed by atoms with Crippen molar-refractivity contribution in [2.75, 3.05) is 12.8 Å². The molecule has 1 aromatic carbocycles. The highest BCUT2D eigenvalue weighted by Crippen LogP contribution is 2.25. The van der Waals surface area contributed by atoms with Gasteiger partial charge in [0.25, 0.3) is 0 Å². The van der Waals surface area contributed by atoms with Gasteiger partial charge < -0.3 is 15.4 Å². The summed E-state index contributed by atoms with van der Waals surface area (Å²) in [4.78, 5) is 14.5. The van der Waals surface area contributed by atoms with Crippen molar-refractivity contribution in [3.8, 4) is 0 Å². The molecular formula is C15H20N2O2S. The Morgan fingerprint density at radius 3 is 2.85 bits per heavy atom. The minimum absolute atomic E-state index is 0.617. The van der Waals surface area contributed by atoms with Crippen molar-refractivity contribution < 1.29 is 9.90 Å². The maximum atomic E-state index is 11.2. The predicted molar refractivity (Wildman–Crippen MR) is 83.4 cm³/mol. The first-order valence-corrected chi connectivity index (χ1v) is 7.66. The van der Waals surface area contributed by atoms with Crippen LogP contribution in [0.3, 0.4) is 0 Å². The molecule has 1 heterocycles. The number of nitrogens with one attached hydrogen (secondary N) is 2. The van der Waals surface area contributed by atoms with Gasteiger partial charge in [0.05, 0.1) is 5.03 Å². The first-order chi connectivity index (χ1) is 9.55. The number of thioether (sulfide) groups is 1. The van der Waals surface area contributed by atoms with Gasteiger partial charge in [-0.3, -0.25) is 4.79 Å². The van der Waals surface area contributed by atoms with Gasteiger partial charge in [0.2, 0.25) is 0 Å². The van der Waals surface area contributed by atoms with Crippen LogP contribution in [0, 0.1) is 0 Å². The van der Waals surface area contributed by atoms with Crippen LogP contribution in [0.1, 0.15) is 19.8 Å². The summed E-state index contributed by atoms with van der Waals surface area (Å²) in [6, 6.07) is 10.3. The molecule has 1 unspecified atom stereocenters.